The van der Waals surface area contributed by atoms with Crippen molar-refractivity contribution in [3.8, 4) is 0 Å². The summed E-state index contributed by atoms with van der Waals surface area (Å²) >= 11 is 0. The molecular weight excluding hydrogens is 361 g/mol. The van der Waals surface area contributed by atoms with Crippen molar-refractivity contribution in [3.63, 3.8) is 0 Å². The van der Waals surface area contributed by atoms with E-state index in [1.807, 2.05) is 0 Å². The zero-order valence-corrected chi connectivity index (χ0v) is 16.0. The average Bonchev–Trinajstić information content (AvgIpc) is 2.68. The zero-order valence-electron chi connectivity index (χ0n) is 16.0. The van der Waals surface area contributed by atoms with Crippen molar-refractivity contribution in [2.75, 3.05) is 26.4 Å². The lowest BCUT2D eigenvalue weighted by Gasteiger charge is -2.40. The van der Waals surface area contributed by atoms with E-state index in [1.54, 1.807) is 0 Å². The van der Waals surface area contributed by atoms with Crippen LogP contribution in [-0.4, -0.2) is 45.2 Å². The maximum atomic E-state index is 12.7. The SMILES string of the molecule is CCCCC[C@H]1CO[C@H]([C@H]2CO[C@H](C3CC=C(C(F)(F)F)CC3)OC2)OC1. The van der Waals surface area contributed by atoms with Crippen LogP contribution < -0.4 is 0 Å². The minimum atomic E-state index is -4.21. The summed E-state index contributed by atoms with van der Waals surface area (Å²) in [6.07, 6.45) is 1.96. The van der Waals surface area contributed by atoms with E-state index in [2.05, 4.69) is 6.92 Å². The van der Waals surface area contributed by atoms with Gasteiger partial charge in [-0.15, -0.1) is 0 Å². The second kappa shape index (κ2) is 9.72. The Morgan fingerprint density at radius 2 is 1.56 bits per heavy atom. The fraction of sp³-hybridized carbons (Fsp3) is 0.900. The third-order valence-corrected chi connectivity index (χ3v) is 5.74. The molecule has 1 atom stereocenters. The van der Waals surface area contributed by atoms with E-state index in [-0.39, 0.29) is 24.5 Å². The summed E-state index contributed by atoms with van der Waals surface area (Å²) in [5.74, 6) is 0.457. The number of unbranched alkanes of at least 4 members (excludes halogenated alkanes) is 2. The van der Waals surface area contributed by atoms with Crippen LogP contribution in [0.1, 0.15) is 51.9 Å². The van der Waals surface area contributed by atoms with Gasteiger partial charge in [0.25, 0.3) is 0 Å². The van der Waals surface area contributed by atoms with Gasteiger partial charge in [0, 0.05) is 17.4 Å². The summed E-state index contributed by atoms with van der Waals surface area (Å²) in [5.41, 5.74) is -0.426. The highest BCUT2D eigenvalue weighted by Crippen LogP contribution is 2.38. The summed E-state index contributed by atoms with van der Waals surface area (Å²) in [7, 11) is 0. The van der Waals surface area contributed by atoms with Crippen LogP contribution in [0.3, 0.4) is 0 Å². The Bertz CT molecular complexity index is 478. The fourth-order valence-corrected chi connectivity index (χ4v) is 4.00. The predicted octanol–water partition coefficient (Wildman–Crippen LogP) is 4.83. The molecule has 0 aromatic heterocycles. The fourth-order valence-electron chi connectivity index (χ4n) is 4.00. The lowest BCUT2D eigenvalue weighted by Crippen LogP contribution is -2.46. The molecule has 27 heavy (non-hydrogen) atoms. The van der Waals surface area contributed by atoms with Crippen molar-refractivity contribution in [3.05, 3.63) is 11.6 Å². The second-order valence-electron chi connectivity index (χ2n) is 7.95. The second-order valence-corrected chi connectivity index (χ2v) is 7.95. The molecule has 0 N–H and O–H groups in total. The van der Waals surface area contributed by atoms with E-state index in [4.69, 9.17) is 18.9 Å². The first kappa shape index (κ1) is 21.1. The average molecular weight is 392 g/mol. The molecule has 4 nitrogen and oxygen atoms in total. The number of hydrogen-bond acceptors (Lipinski definition) is 4. The van der Waals surface area contributed by atoms with Gasteiger partial charge in [0.15, 0.2) is 12.6 Å². The molecule has 2 saturated heterocycles. The monoisotopic (exact) mass is 392 g/mol. The van der Waals surface area contributed by atoms with E-state index in [0.29, 0.717) is 45.2 Å². The Labute approximate surface area is 159 Å². The molecular formula is C20H31F3O4. The van der Waals surface area contributed by atoms with Crippen molar-refractivity contribution < 1.29 is 32.1 Å². The Balaban J connectivity index is 1.37. The molecule has 2 fully saturated rings. The summed E-state index contributed by atoms with van der Waals surface area (Å²) in [6.45, 7) is 4.54. The van der Waals surface area contributed by atoms with Crippen LogP contribution in [0.2, 0.25) is 0 Å². The first-order chi connectivity index (χ1) is 13.0. The molecule has 0 aromatic rings. The highest BCUT2D eigenvalue weighted by Gasteiger charge is 2.39. The van der Waals surface area contributed by atoms with Gasteiger partial charge in [-0.2, -0.15) is 13.2 Å². The maximum absolute atomic E-state index is 12.7. The molecule has 2 aliphatic heterocycles. The van der Waals surface area contributed by atoms with Gasteiger partial charge in [-0.25, -0.2) is 0 Å². The van der Waals surface area contributed by atoms with Gasteiger partial charge in [-0.1, -0.05) is 32.3 Å². The molecule has 0 spiro atoms. The Morgan fingerprint density at radius 3 is 2.11 bits per heavy atom. The van der Waals surface area contributed by atoms with Gasteiger partial charge in [0.05, 0.1) is 32.3 Å². The van der Waals surface area contributed by atoms with Gasteiger partial charge in [-0.3, -0.25) is 0 Å². The van der Waals surface area contributed by atoms with E-state index in [9.17, 15) is 13.2 Å². The molecule has 1 aliphatic carbocycles. The summed E-state index contributed by atoms with van der Waals surface area (Å²) in [4.78, 5) is 0. The quantitative estimate of drug-likeness (QED) is 0.479. The van der Waals surface area contributed by atoms with Crippen LogP contribution in [0.15, 0.2) is 11.6 Å². The Hall–Kier alpha value is -0.630. The number of allylic oxidation sites excluding steroid dienone is 2. The van der Waals surface area contributed by atoms with E-state index < -0.39 is 18.0 Å². The standard InChI is InChI=1S/C20H31F3O4/c1-2-3-4-5-14-10-24-19(25-11-14)16-12-26-18(27-13-16)15-6-8-17(9-7-15)20(21,22)23/h8,14-16,18-19H,2-7,9-13H2,1H3/t14-,15?,16-,18-,19-. The van der Waals surface area contributed by atoms with Gasteiger partial charge in [-0.05, 0) is 25.7 Å². The number of hydrogen-bond donors (Lipinski definition) is 0. The topological polar surface area (TPSA) is 36.9 Å². The number of alkyl halides is 3. The van der Waals surface area contributed by atoms with Crippen LogP contribution in [0.4, 0.5) is 13.2 Å². The molecule has 0 radical (unpaired) electrons. The van der Waals surface area contributed by atoms with Crippen molar-refractivity contribution in [2.45, 2.75) is 70.6 Å². The van der Waals surface area contributed by atoms with Gasteiger partial charge >= 0.3 is 6.18 Å². The lowest BCUT2D eigenvalue weighted by molar-refractivity contribution is -0.290. The van der Waals surface area contributed by atoms with Crippen LogP contribution in [0.5, 0.6) is 0 Å². The first-order valence-corrected chi connectivity index (χ1v) is 10.2. The van der Waals surface area contributed by atoms with Crippen LogP contribution in [0, 0.1) is 17.8 Å². The van der Waals surface area contributed by atoms with Crippen molar-refractivity contribution in [1.82, 2.24) is 0 Å². The summed E-state index contributed by atoms with van der Waals surface area (Å²) in [6, 6.07) is 0. The Kier molecular flexibility index (Phi) is 7.59. The van der Waals surface area contributed by atoms with E-state index in [0.717, 1.165) is 6.42 Å². The minimum Gasteiger partial charge on any atom is -0.352 e. The minimum absolute atomic E-state index is 0.0164. The molecule has 3 rings (SSSR count). The molecule has 3 aliphatic rings. The molecule has 0 saturated carbocycles. The van der Waals surface area contributed by atoms with E-state index >= 15 is 0 Å². The largest absolute Gasteiger partial charge is 0.412 e. The summed E-state index contributed by atoms with van der Waals surface area (Å²) in [5, 5.41) is 0. The number of rotatable bonds is 6. The van der Waals surface area contributed by atoms with Gasteiger partial charge < -0.3 is 18.9 Å². The molecule has 0 amide bonds. The third kappa shape index (κ3) is 5.92. The maximum Gasteiger partial charge on any atom is 0.412 e. The summed E-state index contributed by atoms with van der Waals surface area (Å²) < 4.78 is 61.6. The number of ether oxygens (including phenoxy) is 4. The first-order valence-electron chi connectivity index (χ1n) is 10.2. The molecule has 2 heterocycles. The van der Waals surface area contributed by atoms with Crippen LogP contribution in [-0.2, 0) is 18.9 Å². The van der Waals surface area contributed by atoms with Gasteiger partial charge in [0.1, 0.15) is 0 Å². The highest BCUT2D eigenvalue weighted by molar-refractivity contribution is 5.12. The van der Waals surface area contributed by atoms with Gasteiger partial charge in [0.2, 0.25) is 0 Å². The Morgan fingerprint density at radius 1 is 0.926 bits per heavy atom. The third-order valence-electron chi connectivity index (χ3n) is 5.74. The van der Waals surface area contributed by atoms with Crippen molar-refractivity contribution >= 4 is 0 Å². The van der Waals surface area contributed by atoms with Crippen molar-refractivity contribution in [1.29, 1.82) is 0 Å². The number of halogens is 3. The van der Waals surface area contributed by atoms with Crippen LogP contribution >= 0.6 is 0 Å². The van der Waals surface area contributed by atoms with Crippen LogP contribution in [0.25, 0.3) is 0 Å². The lowest BCUT2D eigenvalue weighted by atomic mass is 9.88. The normalized spacial score (nSPS) is 35.7. The molecule has 0 bridgehead atoms. The predicted molar refractivity (Wildman–Crippen MR) is 94.0 cm³/mol. The molecule has 156 valence electrons. The smallest absolute Gasteiger partial charge is 0.352 e. The zero-order chi connectivity index (χ0) is 19.3. The van der Waals surface area contributed by atoms with E-state index in [1.165, 1.54) is 25.3 Å². The highest BCUT2D eigenvalue weighted by atomic mass is 19.4. The molecule has 0 aromatic carbocycles. The molecule has 7 heteroatoms. The van der Waals surface area contributed by atoms with Crippen molar-refractivity contribution in [2.24, 2.45) is 17.8 Å². The molecule has 1 unspecified atom stereocenters.